The summed E-state index contributed by atoms with van der Waals surface area (Å²) in [5.74, 6) is 0.0171. The van der Waals surface area contributed by atoms with Gasteiger partial charge >= 0.3 is 11.8 Å². The van der Waals surface area contributed by atoms with Gasteiger partial charge in [0.1, 0.15) is 0 Å². The van der Waals surface area contributed by atoms with Crippen LogP contribution in [0, 0.1) is 0 Å². The second-order valence-electron chi connectivity index (χ2n) is 6.67. The van der Waals surface area contributed by atoms with Crippen LogP contribution in [0.1, 0.15) is 31.0 Å². The number of nitrogens with one attached hydrogen (secondary N) is 1. The minimum absolute atomic E-state index is 0.0444. The van der Waals surface area contributed by atoms with E-state index in [4.69, 9.17) is 9.47 Å². The zero-order chi connectivity index (χ0) is 19.6. The van der Waals surface area contributed by atoms with Crippen molar-refractivity contribution < 1.29 is 19.1 Å². The summed E-state index contributed by atoms with van der Waals surface area (Å²) in [4.78, 5) is 26.9. The van der Waals surface area contributed by atoms with Crippen LogP contribution in [0.4, 0.5) is 5.69 Å². The quantitative estimate of drug-likeness (QED) is 0.843. The summed E-state index contributed by atoms with van der Waals surface area (Å²) in [5, 5.41) is 2.79. The highest BCUT2D eigenvalue weighted by Crippen LogP contribution is 2.32. The van der Waals surface area contributed by atoms with Crippen molar-refractivity contribution >= 4 is 17.5 Å². The average Bonchev–Trinajstić information content (AvgIpc) is 3.02. The molecule has 0 radical (unpaired) electrons. The fourth-order valence-corrected chi connectivity index (χ4v) is 3.45. The number of hydrogen-bond acceptors (Lipinski definition) is 4. The van der Waals surface area contributed by atoms with E-state index in [9.17, 15) is 9.59 Å². The number of methoxy groups -OCH3 is 2. The molecule has 2 aromatic rings. The third-order valence-electron chi connectivity index (χ3n) is 4.88. The second kappa shape index (κ2) is 7.70. The van der Waals surface area contributed by atoms with E-state index in [-0.39, 0.29) is 12.1 Å². The Balaban J connectivity index is 1.74. The summed E-state index contributed by atoms with van der Waals surface area (Å²) in [5.41, 5.74) is 2.71. The van der Waals surface area contributed by atoms with Crippen LogP contribution in [0.15, 0.2) is 42.5 Å². The number of anilines is 1. The first-order valence-electron chi connectivity index (χ1n) is 8.90. The van der Waals surface area contributed by atoms with E-state index in [1.807, 2.05) is 44.2 Å². The van der Waals surface area contributed by atoms with E-state index < -0.39 is 11.8 Å². The van der Waals surface area contributed by atoms with E-state index in [1.165, 1.54) is 0 Å². The number of para-hydroxylation sites is 1. The molecule has 6 nitrogen and oxygen atoms in total. The molecule has 0 saturated heterocycles. The molecule has 2 atom stereocenters. The lowest BCUT2D eigenvalue weighted by molar-refractivity contribution is -0.138. The summed E-state index contributed by atoms with van der Waals surface area (Å²) in [7, 11) is 3.12. The summed E-state index contributed by atoms with van der Waals surface area (Å²) in [6.07, 6.45) is 0.750. The maximum Gasteiger partial charge on any atom is 0.316 e. The van der Waals surface area contributed by atoms with Crippen LogP contribution in [0.5, 0.6) is 11.5 Å². The number of benzene rings is 2. The number of hydrogen-bond donors (Lipinski definition) is 1. The topological polar surface area (TPSA) is 67.9 Å². The molecule has 27 heavy (non-hydrogen) atoms. The number of amides is 2. The van der Waals surface area contributed by atoms with Crippen molar-refractivity contribution in [2.24, 2.45) is 0 Å². The van der Waals surface area contributed by atoms with Gasteiger partial charge < -0.3 is 19.7 Å². The number of ether oxygens (including phenoxy) is 2. The van der Waals surface area contributed by atoms with Gasteiger partial charge in [-0.25, -0.2) is 0 Å². The molecule has 142 valence electrons. The molecular weight excluding hydrogens is 344 g/mol. The standard InChI is InChI=1S/C21H24N2O4/c1-13-11-16-7-5-6-8-17(16)23(13)21(25)20(24)22-14(2)15-9-10-18(26-3)19(12-15)27-4/h5-10,12-14H,11H2,1-4H3,(H,22,24). The molecule has 2 amide bonds. The number of carbonyl (C=O) groups is 2. The van der Waals surface area contributed by atoms with Crippen molar-refractivity contribution in [1.82, 2.24) is 5.32 Å². The zero-order valence-electron chi connectivity index (χ0n) is 16.0. The maximum atomic E-state index is 12.8. The molecule has 1 N–H and O–H groups in total. The minimum atomic E-state index is -0.624. The van der Waals surface area contributed by atoms with Gasteiger partial charge in [0.2, 0.25) is 0 Å². The third kappa shape index (κ3) is 3.60. The molecule has 0 aromatic heterocycles. The summed E-state index contributed by atoms with van der Waals surface area (Å²) >= 11 is 0. The zero-order valence-corrected chi connectivity index (χ0v) is 16.0. The maximum absolute atomic E-state index is 12.8. The van der Waals surface area contributed by atoms with E-state index in [2.05, 4.69) is 5.32 Å². The van der Waals surface area contributed by atoms with Crippen molar-refractivity contribution in [2.75, 3.05) is 19.1 Å². The SMILES string of the molecule is COc1ccc(C(C)NC(=O)C(=O)N2c3ccccc3CC2C)cc1OC. The first-order valence-corrected chi connectivity index (χ1v) is 8.90. The molecule has 2 unspecified atom stereocenters. The summed E-state index contributed by atoms with van der Waals surface area (Å²) in [6.45, 7) is 3.77. The van der Waals surface area contributed by atoms with Gasteiger partial charge in [-0.05, 0) is 49.6 Å². The summed E-state index contributed by atoms with van der Waals surface area (Å²) < 4.78 is 10.5. The molecule has 1 aliphatic heterocycles. The molecule has 6 heteroatoms. The molecule has 2 aromatic carbocycles. The molecule has 3 rings (SSSR count). The van der Waals surface area contributed by atoms with Crippen LogP contribution in [-0.2, 0) is 16.0 Å². The van der Waals surface area contributed by atoms with Gasteiger partial charge in [-0.1, -0.05) is 24.3 Å². The first kappa shape index (κ1) is 18.8. The van der Waals surface area contributed by atoms with Gasteiger partial charge in [-0.15, -0.1) is 0 Å². The Kier molecular flexibility index (Phi) is 5.35. The Morgan fingerprint density at radius 2 is 1.81 bits per heavy atom. The smallest absolute Gasteiger partial charge is 0.316 e. The lowest BCUT2D eigenvalue weighted by Crippen LogP contribution is -2.46. The molecule has 0 bridgehead atoms. The van der Waals surface area contributed by atoms with Gasteiger partial charge in [0.05, 0.1) is 20.3 Å². The average molecular weight is 368 g/mol. The van der Waals surface area contributed by atoms with Crippen LogP contribution in [0.3, 0.4) is 0 Å². The third-order valence-corrected chi connectivity index (χ3v) is 4.88. The largest absolute Gasteiger partial charge is 0.493 e. The molecule has 0 fully saturated rings. The fourth-order valence-electron chi connectivity index (χ4n) is 3.45. The van der Waals surface area contributed by atoms with Crippen LogP contribution >= 0.6 is 0 Å². The number of carbonyl (C=O) groups excluding carboxylic acids is 2. The Bertz CT molecular complexity index is 865. The van der Waals surface area contributed by atoms with E-state index >= 15 is 0 Å². The normalized spacial score (nSPS) is 16.4. The highest BCUT2D eigenvalue weighted by molar-refractivity contribution is 6.40. The van der Waals surface area contributed by atoms with Crippen molar-refractivity contribution in [1.29, 1.82) is 0 Å². The Labute approximate surface area is 159 Å². The molecular formula is C21H24N2O4. The van der Waals surface area contributed by atoms with Crippen molar-refractivity contribution in [3.8, 4) is 11.5 Å². The van der Waals surface area contributed by atoms with E-state index in [0.29, 0.717) is 11.5 Å². The highest BCUT2D eigenvalue weighted by atomic mass is 16.5. The predicted octanol–water partition coefficient (Wildman–Crippen LogP) is 2.86. The van der Waals surface area contributed by atoms with Crippen LogP contribution < -0.4 is 19.7 Å². The van der Waals surface area contributed by atoms with Gasteiger partial charge in [0, 0.05) is 11.7 Å². The molecule has 0 saturated carbocycles. The van der Waals surface area contributed by atoms with Gasteiger partial charge in [0.15, 0.2) is 11.5 Å². The molecule has 0 spiro atoms. The van der Waals surface area contributed by atoms with Crippen LogP contribution in [0.2, 0.25) is 0 Å². The van der Waals surface area contributed by atoms with Crippen molar-refractivity contribution in [3.63, 3.8) is 0 Å². The van der Waals surface area contributed by atoms with Crippen molar-refractivity contribution in [3.05, 3.63) is 53.6 Å². The van der Waals surface area contributed by atoms with Crippen LogP contribution in [0.25, 0.3) is 0 Å². The monoisotopic (exact) mass is 368 g/mol. The van der Waals surface area contributed by atoms with Gasteiger partial charge in [0.25, 0.3) is 0 Å². The number of nitrogens with zero attached hydrogens (tertiary/aromatic N) is 1. The molecule has 0 aliphatic carbocycles. The Morgan fingerprint density at radius 1 is 1.11 bits per heavy atom. The highest BCUT2D eigenvalue weighted by Gasteiger charge is 2.34. The van der Waals surface area contributed by atoms with E-state index in [0.717, 1.165) is 23.2 Å². The molecule has 1 aliphatic rings. The predicted molar refractivity (Wildman–Crippen MR) is 103 cm³/mol. The van der Waals surface area contributed by atoms with Crippen LogP contribution in [-0.4, -0.2) is 32.1 Å². The number of fused-ring (bicyclic) bond motifs is 1. The minimum Gasteiger partial charge on any atom is -0.493 e. The van der Waals surface area contributed by atoms with E-state index in [1.54, 1.807) is 31.3 Å². The van der Waals surface area contributed by atoms with Crippen molar-refractivity contribution in [2.45, 2.75) is 32.4 Å². The first-order chi connectivity index (χ1) is 13.0. The Hall–Kier alpha value is -3.02. The second-order valence-corrected chi connectivity index (χ2v) is 6.67. The fraction of sp³-hybridized carbons (Fsp3) is 0.333. The molecule has 1 heterocycles. The number of rotatable bonds is 4. The summed E-state index contributed by atoms with van der Waals surface area (Å²) in [6, 6.07) is 12.7. The van der Waals surface area contributed by atoms with Gasteiger partial charge in [-0.3, -0.25) is 9.59 Å². The van der Waals surface area contributed by atoms with Gasteiger partial charge in [-0.2, -0.15) is 0 Å². The lowest BCUT2D eigenvalue weighted by atomic mass is 10.1. The Morgan fingerprint density at radius 3 is 2.52 bits per heavy atom. The lowest BCUT2D eigenvalue weighted by Gasteiger charge is -2.23.